The number of piperazine rings is 1. The van der Waals surface area contributed by atoms with Gasteiger partial charge in [0.05, 0.1) is 11.6 Å². The molecule has 106 valence electrons. The molecule has 1 aromatic rings. The highest BCUT2D eigenvalue weighted by atomic mass is 32.1. The molecular weight excluding hydrogens is 258 g/mol. The molecule has 1 aliphatic heterocycles. The summed E-state index contributed by atoms with van der Waals surface area (Å²) in [6.07, 6.45) is 0. The molecule has 2 heterocycles. The van der Waals surface area contributed by atoms with Crippen LogP contribution >= 0.6 is 11.3 Å². The number of hydrogen-bond acceptors (Lipinski definition) is 4. The van der Waals surface area contributed by atoms with Crippen molar-refractivity contribution in [3.05, 3.63) is 22.4 Å². The molecule has 0 radical (unpaired) electrons. The van der Waals surface area contributed by atoms with Crippen LogP contribution in [-0.4, -0.2) is 42.5 Å². The zero-order chi connectivity index (χ0) is 13.9. The highest BCUT2D eigenvalue weighted by Gasteiger charge is 2.35. The van der Waals surface area contributed by atoms with Crippen LogP contribution in [0.15, 0.2) is 17.5 Å². The van der Waals surface area contributed by atoms with Crippen molar-refractivity contribution < 1.29 is 4.79 Å². The zero-order valence-corrected chi connectivity index (χ0v) is 12.7. The molecule has 0 saturated carbocycles. The second-order valence-electron chi connectivity index (χ2n) is 5.51. The van der Waals surface area contributed by atoms with Gasteiger partial charge in [-0.1, -0.05) is 6.07 Å². The molecule has 1 fully saturated rings. The number of carbonyl (C=O) groups is 1. The molecule has 4 nitrogen and oxygen atoms in total. The van der Waals surface area contributed by atoms with E-state index in [1.165, 1.54) is 4.88 Å². The van der Waals surface area contributed by atoms with Crippen molar-refractivity contribution in [3.63, 3.8) is 0 Å². The SMILES string of the molecule is C[C@@H](NC(=O)C(C)(C)N1CCNCC1)c1cccs1. The van der Waals surface area contributed by atoms with Crippen LogP contribution < -0.4 is 10.6 Å². The molecule has 1 aromatic heterocycles. The van der Waals surface area contributed by atoms with Gasteiger partial charge in [-0.3, -0.25) is 9.69 Å². The van der Waals surface area contributed by atoms with Gasteiger partial charge in [0, 0.05) is 31.1 Å². The smallest absolute Gasteiger partial charge is 0.240 e. The topological polar surface area (TPSA) is 44.4 Å². The number of nitrogens with one attached hydrogen (secondary N) is 2. The average Bonchev–Trinajstić information content (AvgIpc) is 2.93. The second-order valence-corrected chi connectivity index (χ2v) is 6.49. The maximum absolute atomic E-state index is 12.5. The third kappa shape index (κ3) is 3.35. The minimum Gasteiger partial charge on any atom is -0.347 e. The second kappa shape index (κ2) is 6.03. The van der Waals surface area contributed by atoms with E-state index in [2.05, 4.69) is 21.6 Å². The van der Waals surface area contributed by atoms with Crippen molar-refractivity contribution in [2.75, 3.05) is 26.2 Å². The first-order valence-corrected chi connectivity index (χ1v) is 7.70. The Hall–Kier alpha value is -0.910. The Labute approximate surface area is 119 Å². The summed E-state index contributed by atoms with van der Waals surface area (Å²) in [5, 5.41) is 8.49. The maximum atomic E-state index is 12.5. The number of rotatable bonds is 4. The molecule has 2 rings (SSSR count). The predicted octanol–water partition coefficient (Wildman–Crippen LogP) is 1.61. The quantitative estimate of drug-likeness (QED) is 0.881. The van der Waals surface area contributed by atoms with Crippen molar-refractivity contribution in [2.24, 2.45) is 0 Å². The molecule has 19 heavy (non-hydrogen) atoms. The lowest BCUT2D eigenvalue weighted by Crippen LogP contribution is -2.60. The number of thiophene rings is 1. The maximum Gasteiger partial charge on any atom is 0.240 e. The van der Waals surface area contributed by atoms with Gasteiger partial charge < -0.3 is 10.6 Å². The molecule has 1 saturated heterocycles. The third-order valence-electron chi connectivity index (χ3n) is 3.78. The first-order valence-electron chi connectivity index (χ1n) is 6.82. The fourth-order valence-electron chi connectivity index (χ4n) is 2.35. The Morgan fingerprint density at radius 2 is 2.16 bits per heavy atom. The van der Waals surface area contributed by atoms with Crippen LogP contribution in [0.1, 0.15) is 31.7 Å². The summed E-state index contributed by atoms with van der Waals surface area (Å²) in [5.74, 6) is 0.107. The van der Waals surface area contributed by atoms with E-state index < -0.39 is 5.54 Å². The van der Waals surface area contributed by atoms with Crippen LogP contribution in [0.5, 0.6) is 0 Å². The minimum absolute atomic E-state index is 0.0784. The molecule has 0 aliphatic carbocycles. The van der Waals surface area contributed by atoms with Crippen LogP contribution in [0.4, 0.5) is 0 Å². The zero-order valence-electron chi connectivity index (χ0n) is 11.9. The van der Waals surface area contributed by atoms with E-state index in [0.717, 1.165) is 26.2 Å². The molecule has 0 unspecified atom stereocenters. The van der Waals surface area contributed by atoms with Crippen LogP contribution in [-0.2, 0) is 4.79 Å². The van der Waals surface area contributed by atoms with Gasteiger partial charge in [0.15, 0.2) is 0 Å². The highest BCUT2D eigenvalue weighted by molar-refractivity contribution is 7.10. The fraction of sp³-hybridized carbons (Fsp3) is 0.643. The summed E-state index contributed by atoms with van der Waals surface area (Å²) in [6, 6.07) is 4.16. The Morgan fingerprint density at radius 1 is 1.47 bits per heavy atom. The van der Waals surface area contributed by atoms with E-state index in [1.807, 2.05) is 32.2 Å². The fourth-order valence-corrected chi connectivity index (χ4v) is 3.08. The number of carbonyl (C=O) groups excluding carboxylic acids is 1. The van der Waals surface area contributed by atoms with Gasteiger partial charge in [0.2, 0.25) is 5.91 Å². The van der Waals surface area contributed by atoms with Crippen molar-refractivity contribution in [2.45, 2.75) is 32.4 Å². The molecular formula is C14H23N3OS. The van der Waals surface area contributed by atoms with E-state index in [-0.39, 0.29) is 11.9 Å². The largest absolute Gasteiger partial charge is 0.347 e. The first-order chi connectivity index (χ1) is 9.01. The summed E-state index contributed by atoms with van der Waals surface area (Å²) < 4.78 is 0. The van der Waals surface area contributed by atoms with Crippen LogP contribution in [0.3, 0.4) is 0 Å². The summed E-state index contributed by atoms with van der Waals surface area (Å²) in [5.41, 5.74) is -0.451. The van der Waals surface area contributed by atoms with Crippen molar-refractivity contribution in [1.29, 1.82) is 0 Å². The lowest BCUT2D eigenvalue weighted by molar-refractivity contribution is -0.132. The molecule has 0 aromatic carbocycles. The Morgan fingerprint density at radius 3 is 2.74 bits per heavy atom. The summed E-state index contributed by atoms with van der Waals surface area (Å²) in [6.45, 7) is 9.82. The molecule has 2 N–H and O–H groups in total. The molecule has 5 heteroatoms. The van der Waals surface area contributed by atoms with E-state index in [9.17, 15) is 4.79 Å². The number of nitrogens with zero attached hydrogens (tertiary/aromatic N) is 1. The van der Waals surface area contributed by atoms with Crippen LogP contribution in [0, 0.1) is 0 Å². The predicted molar refractivity (Wildman–Crippen MR) is 79.4 cm³/mol. The van der Waals surface area contributed by atoms with E-state index >= 15 is 0 Å². The van der Waals surface area contributed by atoms with Crippen molar-refractivity contribution in [1.82, 2.24) is 15.5 Å². The van der Waals surface area contributed by atoms with Crippen molar-refractivity contribution >= 4 is 17.2 Å². The minimum atomic E-state index is -0.451. The monoisotopic (exact) mass is 281 g/mol. The Kier molecular flexibility index (Phi) is 4.60. The molecule has 0 bridgehead atoms. The standard InChI is InChI=1S/C14H23N3OS/c1-11(12-5-4-10-19-12)16-13(18)14(2,3)17-8-6-15-7-9-17/h4-5,10-11,15H,6-9H2,1-3H3,(H,16,18)/t11-/m1/s1. The third-order valence-corrected chi connectivity index (χ3v) is 4.84. The normalized spacial score (nSPS) is 19.1. The van der Waals surface area contributed by atoms with E-state index in [1.54, 1.807) is 11.3 Å². The Bertz CT molecular complexity index is 410. The molecule has 1 amide bonds. The molecule has 1 atom stereocenters. The molecule has 1 aliphatic rings. The van der Waals surface area contributed by atoms with Crippen LogP contribution in [0.2, 0.25) is 0 Å². The summed E-state index contributed by atoms with van der Waals surface area (Å²) in [7, 11) is 0. The van der Waals surface area contributed by atoms with E-state index in [0.29, 0.717) is 0 Å². The average molecular weight is 281 g/mol. The summed E-state index contributed by atoms with van der Waals surface area (Å²) in [4.78, 5) is 15.9. The van der Waals surface area contributed by atoms with Gasteiger partial charge in [-0.05, 0) is 32.2 Å². The number of hydrogen-bond donors (Lipinski definition) is 2. The highest BCUT2D eigenvalue weighted by Crippen LogP contribution is 2.21. The van der Waals surface area contributed by atoms with Gasteiger partial charge in [-0.15, -0.1) is 11.3 Å². The lowest BCUT2D eigenvalue weighted by atomic mass is 10.00. The first kappa shape index (κ1) is 14.5. The van der Waals surface area contributed by atoms with Crippen LogP contribution in [0.25, 0.3) is 0 Å². The number of amides is 1. The van der Waals surface area contributed by atoms with Crippen molar-refractivity contribution in [3.8, 4) is 0 Å². The van der Waals surface area contributed by atoms with Gasteiger partial charge in [-0.2, -0.15) is 0 Å². The Balaban J connectivity index is 1.97. The lowest BCUT2D eigenvalue weighted by Gasteiger charge is -2.40. The van der Waals surface area contributed by atoms with Gasteiger partial charge in [0.1, 0.15) is 0 Å². The van der Waals surface area contributed by atoms with Gasteiger partial charge in [0.25, 0.3) is 0 Å². The van der Waals surface area contributed by atoms with Gasteiger partial charge >= 0.3 is 0 Å². The van der Waals surface area contributed by atoms with E-state index in [4.69, 9.17) is 0 Å². The van der Waals surface area contributed by atoms with Gasteiger partial charge in [-0.25, -0.2) is 0 Å². The summed E-state index contributed by atoms with van der Waals surface area (Å²) >= 11 is 1.68. The molecule has 0 spiro atoms.